The lowest BCUT2D eigenvalue weighted by molar-refractivity contribution is 0.436. The molecule has 0 unspecified atom stereocenters. The second-order valence-corrected chi connectivity index (χ2v) is 11.7. The molecule has 2 aromatic heterocycles. The van der Waals surface area contributed by atoms with Crippen molar-refractivity contribution in [3.63, 3.8) is 0 Å². The fraction of sp³-hybridized carbons (Fsp3) is 0.0476. The van der Waals surface area contributed by atoms with E-state index in [4.69, 9.17) is 14.7 Å². The van der Waals surface area contributed by atoms with Gasteiger partial charge in [0.25, 0.3) is 0 Å². The largest absolute Gasteiger partial charge is 0.456 e. The minimum absolute atomic E-state index is 0.708. The summed E-state index contributed by atoms with van der Waals surface area (Å²) in [7, 11) is 0. The van der Waals surface area contributed by atoms with Crippen LogP contribution < -0.4 is 4.74 Å². The molecule has 4 nitrogen and oxygen atoms in total. The Morgan fingerprint density at radius 2 is 1.33 bits per heavy atom. The Labute approximate surface area is 267 Å². The number of benzene rings is 5. The summed E-state index contributed by atoms with van der Waals surface area (Å²) in [5, 5.41) is 2.39. The first kappa shape index (κ1) is 26.4. The lowest BCUT2D eigenvalue weighted by Crippen LogP contribution is -2.00. The van der Waals surface area contributed by atoms with Gasteiger partial charge in [0.2, 0.25) is 0 Å². The van der Waals surface area contributed by atoms with Crippen LogP contribution in [0.5, 0.6) is 5.75 Å². The number of nitrogens with zero attached hydrogens (tertiary/aromatic N) is 3. The topological polar surface area (TPSA) is 39.9 Å². The number of fused-ring (bicyclic) bond motifs is 5. The van der Waals surface area contributed by atoms with Gasteiger partial charge in [0.05, 0.1) is 22.4 Å². The third kappa shape index (κ3) is 4.46. The van der Waals surface area contributed by atoms with Crippen molar-refractivity contribution < 1.29 is 4.74 Å². The third-order valence-electron chi connectivity index (χ3n) is 8.90. The summed E-state index contributed by atoms with van der Waals surface area (Å²) in [6.07, 6.45) is 10.8. The normalized spacial score (nSPS) is 13.8. The van der Waals surface area contributed by atoms with Gasteiger partial charge in [0.1, 0.15) is 11.5 Å². The first-order valence-electron chi connectivity index (χ1n) is 15.7. The number of aromatic nitrogens is 3. The van der Waals surface area contributed by atoms with E-state index in [0.29, 0.717) is 5.82 Å². The minimum atomic E-state index is 0.708. The summed E-state index contributed by atoms with van der Waals surface area (Å²) >= 11 is 0. The molecule has 0 saturated heterocycles. The molecule has 218 valence electrons. The molecule has 0 amide bonds. The lowest BCUT2D eigenvalue weighted by atomic mass is 10.0. The molecular formula is C42H29N3O. The third-order valence-corrected chi connectivity index (χ3v) is 8.90. The predicted molar refractivity (Wildman–Crippen MR) is 188 cm³/mol. The second kappa shape index (κ2) is 10.9. The Hall–Kier alpha value is -6.00. The van der Waals surface area contributed by atoms with Gasteiger partial charge < -0.3 is 9.30 Å². The zero-order valence-electron chi connectivity index (χ0n) is 25.1. The van der Waals surface area contributed by atoms with Gasteiger partial charge in [-0.05, 0) is 60.9 Å². The fourth-order valence-electron chi connectivity index (χ4n) is 6.70. The van der Waals surface area contributed by atoms with Crippen LogP contribution in [0.3, 0.4) is 0 Å². The van der Waals surface area contributed by atoms with E-state index in [1.165, 1.54) is 16.3 Å². The molecule has 2 aliphatic rings. The lowest BCUT2D eigenvalue weighted by Gasteiger charge is -2.14. The SMILES string of the molecule is C1=CC2=C(C=Cc3c(ccc4c3c3ccccc3n4-c3cccc(-c4cc(-c5ccccc5)nc(-c5ccccc5)n4)c3)O2)CC1. The summed E-state index contributed by atoms with van der Waals surface area (Å²) in [6, 6.07) is 44.2. The van der Waals surface area contributed by atoms with Crippen LogP contribution in [-0.2, 0) is 0 Å². The van der Waals surface area contributed by atoms with Crippen LogP contribution in [0.2, 0.25) is 0 Å². The second-order valence-electron chi connectivity index (χ2n) is 11.7. The molecule has 1 aliphatic carbocycles. The Bertz CT molecular complexity index is 2320. The zero-order chi connectivity index (χ0) is 30.5. The maximum atomic E-state index is 6.51. The highest BCUT2D eigenvalue weighted by molar-refractivity contribution is 6.14. The molecule has 0 N–H and O–H groups in total. The quantitative estimate of drug-likeness (QED) is 0.204. The summed E-state index contributed by atoms with van der Waals surface area (Å²) in [4.78, 5) is 10.1. The van der Waals surface area contributed by atoms with Crippen LogP contribution in [0, 0.1) is 0 Å². The maximum Gasteiger partial charge on any atom is 0.160 e. The fourth-order valence-corrected chi connectivity index (χ4v) is 6.70. The molecule has 1 aliphatic heterocycles. The summed E-state index contributed by atoms with van der Waals surface area (Å²) in [5.74, 6) is 2.55. The van der Waals surface area contributed by atoms with Gasteiger partial charge in [-0.1, -0.05) is 109 Å². The van der Waals surface area contributed by atoms with Gasteiger partial charge in [-0.15, -0.1) is 0 Å². The van der Waals surface area contributed by atoms with Gasteiger partial charge in [-0.2, -0.15) is 0 Å². The Morgan fingerprint density at radius 3 is 2.17 bits per heavy atom. The van der Waals surface area contributed by atoms with E-state index < -0.39 is 0 Å². The van der Waals surface area contributed by atoms with Crippen molar-refractivity contribution in [3.05, 3.63) is 163 Å². The van der Waals surface area contributed by atoms with Crippen molar-refractivity contribution in [2.24, 2.45) is 0 Å². The molecule has 3 heterocycles. The maximum absolute atomic E-state index is 6.51. The van der Waals surface area contributed by atoms with Crippen LogP contribution in [0.15, 0.2) is 157 Å². The van der Waals surface area contributed by atoms with E-state index in [9.17, 15) is 0 Å². The molecule has 0 bridgehead atoms. The van der Waals surface area contributed by atoms with Crippen molar-refractivity contribution in [2.75, 3.05) is 0 Å². The first-order valence-corrected chi connectivity index (χ1v) is 15.7. The van der Waals surface area contributed by atoms with Gasteiger partial charge in [0.15, 0.2) is 5.82 Å². The number of hydrogen-bond acceptors (Lipinski definition) is 3. The minimum Gasteiger partial charge on any atom is -0.456 e. The molecule has 4 heteroatoms. The van der Waals surface area contributed by atoms with E-state index in [-0.39, 0.29) is 0 Å². The van der Waals surface area contributed by atoms with Gasteiger partial charge in [0, 0.05) is 38.7 Å². The predicted octanol–water partition coefficient (Wildman–Crippen LogP) is 10.6. The van der Waals surface area contributed by atoms with E-state index >= 15 is 0 Å². The van der Waals surface area contributed by atoms with E-state index in [0.717, 1.165) is 74.7 Å². The van der Waals surface area contributed by atoms with Crippen LogP contribution in [0.1, 0.15) is 18.4 Å². The monoisotopic (exact) mass is 591 g/mol. The molecule has 46 heavy (non-hydrogen) atoms. The highest BCUT2D eigenvalue weighted by Gasteiger charge is 2.21. The molecule has 7 aromatic rings. The van der Waals surface area contributed by atoms with Crippen LogP contribution in [-0.4, -0.2) is 14.5 Å². The molecule has 9 rings (SSSR count). The Balaban J connectivity index is 1.23. The van der Waals surface area contributed by atoms with Crippen LogP contribution in [0.4, 0.5) is 0 Å². The molecular weight excluding hydrogens is 562 g/mol. The average Bonchev–Trinajstić information content (AvgIpc) is 3.34. The van der Waals surface area contributed by atoms with Crippen molar-refractivity contribution >= 4 is 27.9 Å². The molecule has 0 fully saturated rings. The molecule has 5 aromatic carbocycles. The molecule has 0 atom stereocenters. The standard InChI is InChI=1S/C42H29N3O/c1-3-12-28(13-4-1)35-27-36(44-42(43-35)30-15-5-2-6-16-30)31-17-11-18-32(26-31)45-37-20-9-8-19-33(37)41-34-23-22-29-14-7-10-21-39(29)46-40(34)25-24-38(41)45/h1-6,8-13,15-27H,7,14H2. The van der Waals surface area contributed by atoms with Crippen molar-refractivity contribution in [1.29, 1.82) is 0 Å². The summed E-state index contributed by atoms with van der Waals surface area (Å²) in [5.41, 5.74) is 10.6. The van der Waals surface area contributed by atoms with E-state index in [2.05, 4.69) is 120 Å². The van der Waals surface area contributed by atoms with Gasteiger partial charge in [-0.25, -0.2) is 9.97 Å². The van der Waals surface area contributed by atoms with Crippen LogP contribution >= 0.6 is 0 Å². The van der Waals surface area contributed by atoms with Crippen molar-refractivity contribution in [3.8, 4) is 45.3 Å². The van der Waals surface area contributed by atoms with Crippen molar-refractivity contribution in [1.82, 2.24) is 14.5 Å². The highest BCUT2D eigenvalue weighted by Crippen LogP contribution is 2.42. The van der Waals surface area contributed by atoms with Gasteiger partial charge in [-0.3, -0.25) is 0 Å². The number of hydrogen-bond donors (Lipinski definition) is 0. The Morgan fingerprint density at radius 1 is 0.587 bits per heavy atom. The number of ether oxygens (including phenoxy) is 1. The zero-order valence-corrected chi connectivity index (χ0v) is 25.1. The number of rotatable bonds is 4. The van der Waals surface area contributed by atoms with E-state index in [1.807, 2.05) is 36.4 Å². The first-order chi connectivity index (χ1) is 22.8. The molecule has 0 saturated carbocycles. The molecule has 0 radical (unpaired) electrons. The number of para-hydroxylation sites is 1. The number of allylic oxidation sites excluding steroid dienone is 4. The molecule has 0 spiro atoms. The Kier molecular flexibility index (Phi) is 6.24. The van der Waals surface area contributed by atoms with Crippen molar-refractivity contribution in [2.45, 2.75) is 12.8 Å². The highest BCUT2D eigenvalue weighted by atomic mass is 16.5. The van der Waals surface area contributed by atoms with Gasteiger partial charge >= 0.3 is 0 Å². The van der Waals surface area contributed by atoms with Crippen LogP contribution in [0.25, 0.3) is 67.5 Å². The average molecular weight is 592 g/mol. The van der Waals surface area contributed by atoms with E-state index in [1.54, 1.807) is 0 Å². The summed E-state index contributed by atoms with van der Waals surface area (Å²) < 4.78 is 8.87. The smallest absolute Gasteiger partial charge is 0.160 e. The summed E-state index contributed by atoms with van der Waals surface area (Å²) in [6.45, 7) is 0.